The topological polar surface area (TPSA) is 0 Å². The van der Waals surface area contributed by atoms with Gasteiger partial charge in [-0.3, -0.25) is 0 Å². The molecule has 84 valence electrons. The standard InChI is InChI=1S/C14H28/c1-7-12(11(3)4)14(6)9-13(5,8-2)10-14/h11-12H,7-10H2,1-6H3. The van der Waals surface area contributed by atoms with E-state index >= 15 is 0 Å². The van der Waals surface area contributed by atoms with Crippen LogP contribution in [0.4, 0.5) is 0 Å². The summed E-state index contributed by atoms with van der Waals surface area (Å²) in [4.78, 5) is 0. The predicted octanol–water partition coefficient (Wildman–Crippen LogP) is 4.89. The molecule has 0 aromatic carbocycles. The zero-order chi connectivity index (χ0) is 11.0. The molecule has 1 saturated carbocycles. The molecule has 0 N–H and O–H groups in total. The second-order valence-corrected chi connectivity index (χ2v) is 6.43. The molecule has 14 heavy (non-hydrogen) atoms. The molecule has 1 unspecified atom stereocenters. The van der Waals surface area contributed by atoms with E-state index in [-0.39, 0.29) is 0 Å². The van der Waals surface area contributed by atoms with E-state index in [9.17, 15) is 0 Å². The van der Waals surface area contributed by atoms with Gasteiger partial charge in [0.2, 0.25) is 0 Å². The summed E-state index contributed by atoms with van der Waals surface area (Å²) in [7, 11) is 0. The van der Waals surface area contributed by atoms with Crippen LogP contribution in [-0.4, -0.2) is 0 Å². The van der Waals surface area contributed by atoms with E-state index in [2.05, 4.69) is 41.5 Å². The Bertz CT molecular complexity index is 184. The van der Waals surface area contributed by atoms with Gasteiger partial charge in [-0.1, -0.05) is 54.4 Å². The highest BCUT2D eigenvalue weighted by molar-refractivity contribution is 5.01. The molecule has 1 fully saturated rings. The minimum atomic E-state index is 0.647. The lowest BCUT2D eigenvalue weighted by Crippen LogP contribution is -2.48. The van der Waals surface area contributed by atoms with Crippen LogP contribution in [-0.2, 0) is 0 Å². The van der Waals surface area contributed by atoms with Crippen LogP contribution in [0.5, 0.6) is 0 Å². The predicted molar refractivity (Wildman–Crippen MR) is 64.4 cm³/mol. The van der Waals surface area contributed by atoms with Crippen molar-refractivity contribution in [3.63, 3.8) is 0 Å². The van der Waals surface area contributed by atoms with Crippen molar-refractivity contribution in [2.45, 2.75) is 67.2 Å². The van der Waals surface area contributed by atoms with Gasteiger partial charge in [-0.15, -0.1) is 0 Å². The van der Waals surface area contributed by atoms with Gasteiger partial charge in [-0.25, -0.2) is 0 Å². The number of rotatable bonds is 4. The molecule has 0 radical (unpaired) electrons. The van der Waals surface area contributed by atoms with Crippen LogP contribution in [0.15, 0.2) is 0 Å². The van der Waals surface area contributed by atoms with Gasteiger partial charge in [-0.2, -0.15) is 0 Å². The minimum Gasteiger partial charge on any atom is -0.0651 e. The molecule has 1 aliphatic rings. The van der Waals surface area contributed by atoms with Gasteiger partial charge in [0.05, 0.1) is 0 Å². The van der Waals surface area contributed by atoms with Crippen LogP contribution in [0.2, 0.25) is 0 Å². The van der Waals surface area contributed by atoms with E-state index < -0.39 is 0 Å². The molecular formula is C14H28. The first kappa shape index (κ1) is 12.1. The molecule has 1 aliphatic carbocycles. The molecule has 0 heterocycles. The summed E-state index contributed by atoms with van der Waals surface area (Å²) in [6.45, 7) is 14.5. The SMILES string of the molecule is CCC(C(C)C)C1(C)CC(C)(CC)C1. The Hall–Kier alpha value is 0. The molecule has 0 spiro atoms. The molecule has 0 aliphatic heterocycles. The Labute approximate surface area is 90.5 Å². The molecule has 0 aromatic rings. The summed E-state index contributed by atoms with van der Waals surface area (Å²) in [5.74, 6) is 1.79. The van der Waals surface area contributed by atoms with E-state index in [1.165, 1.54) is 25.7 Å². The zero-order valence-electron chi connectivity index (χ0n) is 11.0. The molecule has 0 heteroatoms. The Kier molecular flexibility index (Phi) is 3.33. The lowest BCUT2D eigenvalue weighted by Gasteiger charge is -2.58. The van der Waals surface area contributed by atoms with Gasteiger partial charge in [0, 0.05) is 0 Å². The molecular weight excluding hydrogens is 168 g/mol. The Morgan fingerprint density at radius 1 is 1.07 bits per heavy atom. The lowest BCUT2D eigenvalue weighted by molar-refractivity contribution is -0.0762. The smallest absolute Gasteiger partial charge is 0.0285 e. The summed E-state index contributed by atoms with van der Waals surface area (Å²) in [5, 5.41) is 0. The van der Waals surface area contributed by atoms with E-state index in [0.717, 1.165) is 11.8 Å². The number of hydrogen-bond acceptors (Lipinski definition) is 0. The fourth-order valence-corrected chi connectivity index (χ4v) is 4.18. The maximum atomic E-state index is 2.51. The van der Waals surface area contributed by atoms with Crippen LogP contribution in [0.1, 0.15) is 67.2 Å². The van der Waals surface area contributed by atoms with Gasteiger partial charge in [0.15, 0.2) is 0 Å². The molecule has 0 saturated heterocycles. The molecule has 0 nitrogen and oxygen atoms in total. The first-order valence-electron chi connectivity index (χ1n) is 6.37. The monoisotopic (exact) mass is 196 g/mol. The maximum absolute atomic E-state index is 2.51. The van der Waals surface area contributed by atoms with Crippen molar-refractivity contribution in [3.8, 4) is 0 Å². The van der Waals surface area contributed by atoms with Crippen molar-refractivity contribution in [1.29, 1.82) is 0 Å². The van der Waals surface area contributed by atoms with Gasteiger partial charge in [-0.05, 0) is 35.5 Å². The summed E-state index contributed by atoms with van der Waals surface area (Å²) >= 11 is 0. The summed E-state index contributed by atoms with van der Waals surface area (Å²) in [6, 6.07) is 0. The van der Waals surface area contributed by atoms with Crippen molar-refractivity contribution in [3.05, 3.63) is 0 Å². The van der Waals surface area contributed by atoms with Crippen molar-refractivity contribution in [2.75, 3.05) is 0 Å². The van der Waals surface area contributed by atoms with Crippen molar-refractivity contribution >= 4 is 0 Å². The van der Waals surface area contributed by atoms with Gasteiger partial charge >= 0.3 is 0 Å². The highest BCUT2D eigenvalue weighted by Crippen LogP contribution is 2.61. The maximum Gasteiger partial charge on any atom is -0.0285 e. The van der Waals surface area contributed by atoms with Crippen LogP contribution >= 0.6 is 0 Å². The molecule has 1 atom stereocenters. The number of hydrogen-bond donors (Lipinski definition) is 0. The minimum absolute atomic E-state index is 0.647. The van der Waals surface area contributed by atoms with E-state index in [0.29, 0.717) is 10.8 Å². The first-order valence-corrected chi connectivity index (χ1v) is 6.37. The normalized spacial score (nSPS) is 39.6. The molecule has 1 rings (SSSR count). The molecule has 0 bridgehead atoms. The van der Waals surface area contributed by atoms with Crippen molar-refractivity contribution in [1.82, 2.24) is 0 Å². The first-order chi connectivity index (χ1) is 6.37. The summed E-state index contributed by atoms with van der Waals surface area (Å²) in [5.41, 5.74) is 1.31. The fraction of sp³-hybridized carbons (Fsp3) is 1.00. The average molecular weight is 196 g/mol. The largest absolute Gasteiger partial charge is 0.0651 e. The van der Waals surface area contributed by atoms with E-state index in [1.54, 1.807) is 0 Å². The highest BCUT2D eigenvalue weighted by Gasteiger charge is 2.51. The second-order valence-electron chi connectivity index (χ2n) is 6.43. The van der Waals surface area contributed by atoms with Crippen molar-refractivity contribution in [2.24, 2.45) is 22.7 Å². The Morgan fingerprint density at radius 2 is 1.57 bits per heavy atom. The van der Waals surface area contributed by atoms with Gasteiger partial charge in [0.25, 0.3) is 0 Å². The van der Waals surface area contributed by atoms with Crippen LogP contribution < -0.4 is 0 Å². The fourth-order valence-electron chi connectivity index (χ4n) is 4.18. The third-order valence-corrected chi connectivity index (χ3v) is 4.65. The van der Waals surface area contributed by atoms with E-state index in [4.69, 9.17) is 0 Å². The lowest BCUT2D eigenvalue weighted by atomic mass is 9.47. The second kappa shape index (κ2) is 3.87. The van der Waals surface area contributed by atoms with E-state index in [1.807, 2.05) is 0 Å². The van der Waals surface area contributed by atoms with Gasteiger partial charge < -0.3 is 0 Å². The Balaban J connectivity index is 2.62. The molecule has 0 amide bonds. The zero-order valence-corrected chi connectivity index (χ0v) is 11.0. The quantitative estimate of drug-likeness (QED) is 0.601. The molecule has 0 aromatic heterocycles. The van der Waals surface area contributed by atoms with Crippen LogP contribution in [0, 0.1) is 22.7 Å². The third kappa shape index (κ3) is 1.99. The van der Waals surface area contributed by atoms with Crippen LogP contribution in [0.3, 0.4) is 0 Å². The third-order valence-electron chi connectivity index (χ3n) is 4.65. The Morgan fingerprint density at radius 3 is 1.86 bits per heavy atom. The van der Waals surface area contributed by atoms with Gasteiger partial charge in [0.1, 0.15) is 0 Å². The van der Waals surface area contributed by atoms with Crippen LogP contribution in [0.25, 0.3) is 0 Å². The highest BCUT2D eigenvalue weighted by atomic mass is 14.6. The average Bonchev–Trinajstić information content (AvgIpc) is 2.01. The summed E-state index contributed by atoms with van der Waals surface area (Å²) in [6.07, 6.45) is 5.62. The summed E-state index contributed by atoms with van der Waals surface area (Å²) < 4.78 is 0. The van der Waals surface area contributed by atoms with Crippen molar-refractivity contribution < 1.29 is 0 Å².